The highest BCUT2D eigenvalue weighted by Gasteiger charge is 2.54. The van der Waals surface area contributed by atoms with Crippen LogP contribution in [0.5, 0.6) is 0 Å². The minimum Gasteiger partial charge on any atom is -0.409 e. The number of rotatable bonds is 3. The molecule has 20 heavy (non-hydrogen) atoms. The number of amidine groups is 1. The highest BCUT2D eigenvalue weighted by atomic mass is 16.4. The Balaban J connectivity index is 2.05. The van der Waals surface area contributed by atoms with E-state index >= 15 is 0 Å². The van der Waals surface area contributed by atoms with Crippen LogP contribution in [0.3, 0.4) is 0 Å². The van der Waals surface area contributed by atoms with Crippen LogP contribution in [0.25, 0.3) is 0 Å². The van der Waals surface area contributed by atoms with E-state index in [1.807, 2.05) is 6.92 Å². The van der Waals surface area contributed by atoms with Gasteiger partial charge in [-0.1, -0.05) is 12.1 Å². The maximum atomic E-state index is 12.7. The first-order valence-corrected chi connectivity index (χ1v) is 6.93. The van der Waals surface area contributed by atoms with Crippen LogP contribution >= 0.6 is 0 Å². The molecule has 1 unspecified atom stereocenters. The average Bonchev–Trinajstić information content (AvgIpc) is 2.80. The van der Waals surface area contributed by atoms with Crippen LogP contribution in [0.1, 0.15) is 33.1 Å². The molecule has 4 N–H and O–H groups in total. The summed E-state index contributed by atoms with van der Waals surface area (Å²) in [6, 6.07) is -0.00158. The lowest BCUT2D eigenvalue weighted by Crippen LogP contribution is -2.57. The Labute approximate surface area is 118 Å². The second-order valence-corrected chi connectivity index (χ2v) is 6.02. The molecule has 112 valence electrons. The quantitative estimate of drug-likeness (QED) is 0.290. The lowest BCUT2D eigenvalue weighted by atomic mass is 9.61. The summed E-state index contributed by atoms with van der Waals surface area (Å²) in [5, 5.41) is 14.8. The maximum absolute atomic E-state index is 12.7. The van der Waals surface area contributed by atoms with Gasteiger partial charge >= 0.3 is 0 Å². The first kappa shape index (κ1) is 14.6. The fraction of sp³-hybridized carbons (Fsp3) is 0.769. The maximum Gasteiger partial charge on any atom is 0.236 e. The van der Waals surface area contributed by atoms with Crippen molar-refractivity contribution >= 4 is 17.6 Å². The molecule has 1 heterocycles. The smallest absolute Gasteiger partial charge is 0.236 e. The molecule has 2 amide bonds. The number of likely N-dealkylation sites (tertiary alicyclic amines) is 1. The number of hydrogen-bond acceptors (Lipinski definition) is 4. The molecule has 0 aromatic carbocycles. The monoisotopic (exact) mass is 282 g/mol. The zero-order valence-electron chi connectivity index (χ0n) is 11.9. The Morgan fingerprint density at radius 3 is 2.60 bits per heavy atom. The molecule has 1 aliphatic carbocycles. The minimum atomic E-state index is -0.848. The van der Waals surface area contributed by atoms with Gasteiger partial charge in [0, 0.05) is 26.1 Å². The Morgan fingerprint density at radius 1 is 1.45 bits per heavy atom. The minimum absolute atomic E-state index is 0.00158. The molecule has 2 fully saturated rings. The Morgan fingerprint density at radius 2 is 2.10 bits per heavy atom. The van der Waals surface area contributed by atoms with E-state index in [1.54, 1.807) is 4.90 Å². The van der Waals surface area contributed by atoms with Gasteiger partial charge in [-0.05, 0) is 25.2 Å². The van der Waals surface area contributed by atoms with Crippen LogP contribution in [0, 0.1) is 11.3 Å². The van der Waals surface area contributed by atoms with Crippen molar-refractivity contribution in [1.29, 1.82) is 0 Å². The van der Waals surface area contributed by atoms with Crippen molar-refractivity contribution < 1.29 is 14.8 Å². The summed E-state index contributed by atoms with van der Waals surface area (Å²) in [4.78, 5) is 25.4. The zero-order valence-corrected chi connectivity index (χ0v) is 11.9. The number of hydrogen-bond donors (Lipinski definition) is 3. The summed E-state index contributed by atoms with van der Waals surface area (Å²) in [6.45, 7) is 4.60. The number of nitrogens with zero attached hydrogens (tertiary/aromatic N) is 2. The van der Waals surface area contributed by atoms with Gasteiger partial charge < -0.3 is 21.2 Å². The number of nitrogens with two attached hydrogens (primary N) is 1. The molecule has 7 heteroatoms. The molecule has 1 saturated carbocycles. The fourth-order valence-electron chi connectivity index (χ4n) is 3.37. The summed E-state index contributed by atoms with van der Waals surface area (Å²) in [7, 11) is 0. The van der Waals surface area contributed by atoms with E-state index in [1.165, 1.54) is 6.92 Å². The standard InChI is InChI=1S/C13H22N4O3/c1-8-5-13(6-8,11(14)16-20)12(19)17-4-3-10(7-17)15-9(2)18/h8,10,20H,3-7H2,1-2H3,(H2,14,16)(H,15,18). The Hall–Kier alpha value is -1.79. The summed E-state index contributed by atoms with van der Waals surface area (Å²) in [6.07, 6.45) is 1.97. The van der Waals surface area contributed by atoms with Gasteiger partial charge in [0.1, 0.15) is 5.41 Å². The number of carbonyl (C=O) groups is 2. The lowest BCUT2D eigenvalue weighted by Gasteiger charge is -2.45. The third-order valence-corrected chi connectivity index (χ3v) is 4.28. The number of oxime groups is 1. The van der Waals surface area contributed by atoms with Crippen molar-refractivity contribution in [2.45, 2.75) is 39.2 Å². The van der Waals surface area contributed by atoms with Crippen LogP contribution in [0.15, 0.2) is 5.16 Å². The third-order valence-electron chi connectivity index (χ3n) is 4.28. The van der Waals surface area contributed by atoms with Gasteiger partial charge in [-0.25, -0.2) is 0 Å². The van der Waals surface area contributed by atoms with Crippen molar-refractivity contribution in [3.63, 3.8) is 0 Å². The highest BCUT2D eigenvalue weighted by Crippen LogP contribution is 2.47. The van der Waals surface area contributed by atoms with E-state index in [0.29, 0.717) is 31.8 Å². The van der Waals surface area contributed by atoms with Gasteiger partial charge in [0.15, 0.2) is 5.84 Å². The third kappa shape index (κ3) is 2.44. The van der Waals surface area contributed by atoms with E-state index in [-0.39, 0.29) is 23.7 Å². The highest BCUT2D eigenvalue weighted by molar-refractivity contribution is 6.07. The van der Waals surface area contributed by atoms with Crippen LogP contribution < -0.4 is 11.1 Å². The topological polar surface area (TPSA) is 108 Å². The molecule has 1 aliphatic heterocycles. The molecular formula is C13H22N4O3. The predicted molar refractivity (Wildman–Crippen MR) is 73.0 cm³/mol. The van der Waals surface area contributed by atoms with E-state index in [4.69, 9.17) is 10.9 Å². The van der Waals surface area contributed by atoms with Gasteiger partial charge in [-0.15, -0.1) is 0 Å². The number of amides is 2. The molecule has 2 aliphatic rings. The molecule has 0 bridgehead atoms. The number of carbonyl (C=O) groups excluding carboxylic acids is 2. The first-order chi connectivity index (χ1) is 9.39. The van der Waals surface area contributed by atoms with E-state index in [2.05, 4.69) is 10.5 Å². The first-order valence-electron chi connectivity index (χ1n) is 6.93. The van der Waals surface area contributed by atoms with Crippen LogP contribution in [-0.4, -0.2) is 46.9 Å². The average molecular weight is 282 g/mol. The second kappa shape index (κ2) is 5.30. The van der Waals surface area contributed by atoms with Crippen LogP contribution in [0.2, 0.25) is 0 Å². The molecule has 0 spiro atoms. The van der Waals surface area contributed by atoms with Crippen molar-refractivity contribution in [3.8, 4) is 0 Å². The molecular weight excluding hydrogens is 260 g/mol. The van der Waals surface area contributed by atoms with Gasteiger partial charge in [0.05, 0.1) is 0 Å². The molecule has 0 radical (unpaired) electrons. The van der Waals surface area contributed by atoms with Crippen molar-refractivity contribution in [2.24, 2.45) is 22.2 Å². The Kier molecular flexibility index (Phi) is 3.87. The zero-order chi connectivity index (χ0) is 14.9. The fourth-order valence-corrected chi connectivity index (χ4v) is 3.37. The summed E-state index contributed by atoms with van der Waals surface area (Å²) < 4.78 is 0. The van der Waals surface area contributed by atoms with Crippen molar-refractivity contribution in [2.75, 3.05) is 13.1 Å². The molecule has 1 atom stereocenters. The molecule has 0 aromatic rings. The van der Waals surface area contributed by atoms with E-state index in [0.717, 1.165) is 6.42 Å². The molecule has 2 rings (SSSR count). The van der Waals surface area contributed by atoms with Gasteiger partial charge in [-0.3, -0.25) is 9.59 Å². The van der Waals surface area contributed by atoms with E-state index in [9.17, 15) is 9.59 Å². The van der Waals surface area contributed by atoms with Crippen LogP contribution in [0.4, 0.5) is 0 Å². The van der Waals surface area contributed by atoms with Crippen molar-refractivity contribution in [1.82, 2.24) is 10.2 Å². The molecule has 7 nitrogen and oxygen atoms in total. The SMILES string of the molecule is CC(=O)NC1CCN(C(=O)C2(C(N)=NO)CC(C)C2)C1. The number of nitrogens with one attached hydrogen (secondary N) is 1. The van der Waals surface area contributed by atoms with Crippen LogP contribution in [-0.2, 0) is 9.59 Å². The molecule has 1 saturated heterocycles. The predicted octanol–water partition coefficient (Wildman–Crippen LogP) is -0.114. The normalized spacial score (nSPS) is 33.7. The summed E-state index contributed by atoms with van der Waals surface area (Å²) >= 11 is 0. The molecule has 0 aromatic heterocycles. The van der Waals surface area contributed by atoms with Crippen molar-refractivity contribution in [3.05, 3.63) is 0 Å². The Bertz CT molecular complexity index is 443. The lowest BCUT2D eigenvalue weighted by molar-refractivity contribution is -0.143. The van der Waals surface area contributed by atoms with Gasteiger partial charge in [-0.2, -0.15) is 0 Å². The second-order valence-electron chi connectivity index (χ2n) is 6.02. The summed E-state index contributed by atoms with van der Waals surface area (Å²) in [5.74, 6) is 0.225. The van der Waals surface area contributed by atoms with Gasteiger partial charge in [0.2, 0.25) is 11.8 Å². The van der Waals surface area contributed by atoms with E-state index < -0.39 is 5.41 Å². The summed E-state index contributed by atoms with van der Waals surface area (Å²) in [5.41, 5.74) is 4.89. The largest absolute Gasteiger partial charge is 0.409 e. The van der Waals surface area contributed by atoms with Gasteiger partial charge in [0.25, 0.3) is 0 Å².